The molecule has 0 amide bonds. The van der Waals surface area contributed by atoms with Crippen molar-refractivity contribution in [3.05, 3.63) is 44.7 Å². The normalized spacial score (nSPS) is 11.0. The van der Waals surface area contributed by atoms with Crippen LogP contribution in [0.4, 0.5) is 11.4 Å². The molecule has 112 valence electrons. The molecule has 0 radical (unpaired) electrons. The van der Waals surface area contributed by atoms with Crippen LogP contribution in [0, 0.1) is 10.1 Å². The van der Waals surface area contributed by atoms with Crippen molar-refractivity contribution in [1.82, 2.24) is 9.47 Å². The molecule has 1 aromatic carbocycles. The van der Waals surface area contributed by atoms with Gasteiger partial charge in [0.2, 0.25) is 0 Å². The average molecular weight is 290 g/mol. The minimum atomic E-state index is -0.618. The standard InChI is InChI=1S/C14H18N4O3/c1-16(2)9-8-15-12-10-6-4-5-7-11(10)17(3)14(19)13(12)18(20)21/h4-7,15H,8-9H2,1-3H3. The van der Waals surface area contributed by atoms with Gasteiger partial charge in [-0.15, -0.1) is 0 Å². The zero-order chi connectivity index (χ0) is 15.6. The Kier molecular flexibility index (Phi) is 4.23. The number of anilines is 1. The van der Waals surface area contributed by atoms with E-state index in [1.165, 1.54) is 4.57 Å². The lowest BCUT2D eigenvalue weighted by Crippen LogP contribution is -2.25. The van der Waals surface area contributed by atoms with Crippen LogP contribution in [-0.4, -0.2) is 41.6 Å². The van der Waals surface area contributed by atoms with Crippen molar-refractivity contribution < 1.29 is 4.92 Å². The second-order valence-electron chi connectivity index (χ2n) is 5.09. The number of rotatable bonds is 5. The van der Waals surface area contributed by atoms with Gasteiger partial charge >= 0.3 is 11.2 Å². The van der Waals surface area contributed by atoms with E-state index in [-0.39, 0.29) is 0 Å². The molecule has 0 aliphatic carbocycles. The molecular formula is C14H18N4O3. The summed E-state index contributed by atoms with van der Waals surface area (Å²) < 4.78 is 1.31. The van der Waals surface area contributed by atoms with Crippen LogP contribution in [-0.2, 0) is 7.05 Å². The summed E-state index contributed by atoms with van der Waals surface area (Å²) >= 11 is 0. The van der Waals surface area contributed by atoms with Gasteiger partial charge in [-0.25, -0.2) is 0 Å². The molecule has 21 heavy (non-hydrogen) atoms. The van der Waals surface area contributed by atoms with E-state index in [4.69, 9.17) is 0 Å². The Labute approximate surface area is 121 Å². The van der Waals surface area contributed by atoms with Crippen molar-refractivity contribution in [2.75, 3.05) is 32.5 Å². The van der Waals surface area contributed by atoms with E-state index in [9.17, 15) is 14.9 Å². The third-order valence-corrected chi connectivity index (χ3v) is 3.32. The van der Waals surface area contributed by atoms with Gasteiger partial charge in [0.25, 0.3) is 0 Å². The molecule has 0 aliphatic heterocycles. The smallest absolute Gasteiger partial charge is 0.357 e. The molecule has 0 saturated heterocycles. The fraction of sp³-hybridized carbons (Fsp3) is 0.357. The summed E-state index contributed by atoms with van der Waals surface area (Å²) in [6.45, 7) is 1.23. The number of fused-ring (bicyclic) bond motifs is 1. The zero-order valence-corrected chi connectivity index (χ0v) is 12.3. The van der Waals surface area contributed by atoms with Crippen LogP contribution >= 0.6 is 0 Å². The van der Waals surface area contributed by atoms with Crippen LogP contribution in [0.25, 0.3) is 10.9 Å². The molecule has 2 rings (SSSR count). The van der Waals surface area contributed by atoms with E-state index in [0.29, 0.717) is 29.7 Å². The number of aryl methyl sites for hydroxylation is 1. The first kappa shape index (κ1) is 15.0. The highest BCUT2D eigenvalue weighted by Gasteiger charge is 2.24. The number of hydrogen-bond donors (Lipinski definition) is 1. The highest BCUT2D eigenvalue weighted by molar-refractivity contribution is 5.96. The summed E-state index contributed by atoms with van der Waals surface area (Å²) in [6, 6.07) is 7.15. The van der Waals surface area contributed by atoms with Crippen molar-refractivity contribution in [2.45, 2.75) is 0 Å². The summed E-state index contributed by atoms with van der Waals surface area (Å²) in [4.78, 5) is 24.8. The highest BCUT2D eigenvalue weighted by Crippen LogP contribution is 2.29. The van der Waals surface area contributed by atoms with E-state index in [1.807, 2.05) is 19.0 Å². The molecular weight excluding hydrogens is 272 g/mol. The number of nitrogens with one attached hydrogen (secondary N) is 1. The first-order valence-electron chi connectivity index (χ1n) is 6.58. The molecule has 7 heteroatoms. The lowest BCUT2D eigenvalue weighted by Gasteiger charge is -2.14. The van der Waals surface area contributed by atoms with Gasteiger partial charge < -0.3 is 14.8 Å². The zero-order valence-electron chi connectivity index (χ0n) is 12.3. The number of benzene rings is 1. The first-order valence-corrected chi connectivity index (χ1v) is 6.58. The van der Waals surface area contributed by atoms with Crippen LogP contribution in [0.1, 0.15) is 0 Å². The summed E-state index contributed by atoms with van der Waals surface area (Å²) in [5.74, 6) is 0. The third-order valence-electron chi connectivity index (χ3n) is 3.32. The molecule has 7 nitrogen and oxygen atoms in total. The SMILES string of the molecule is CN(C)CCNc1c([N+](=O)[O-])c(=O)n(C)c2ccccc12. The van der Waals surface area contributed by atoms with Crippen LogP contribution in [0.3, 0.4) is 0 Å². The quantitative estimate of drug-likeness (QED) is 0.665. The number of aromatic nitrogens is 1. The van der Waals surface area contributed by atoms with E-state index in [1.54, 1.807) is 31.3 Å². The van der Waals surface area contributed by atoms with E-state index in [2.05, 4.69) is 5.32 Å². The molecule has 1 aromatic heterocycles. The van der Waals surface area contributed by atoms with Gasteiger partial charge in [-0.1, -0.05) is 18.2 Å². The molecule has 0 fully saturated rings. The Morgan fingerprint density at radius 2 is 2.00 bits per heavy atom. The Morgan fingerprint density at radius 3 is 2.62 bits per heavy atom. The molecule has 0 bridgehead atoms. The van der Waals surface area contributed by atoms with Crippen LogP contribution in [0.2, 0.25) is 0 Å². The predicted octanol–water partition coefficient (Wildman–Crippen LogP) is 1.42. The van der Waals surface area contributed by atoms with Crippen molar-refractivity contribution in [3.8, 4) is 0 Å². The molecule has 0 atom stereocenters. The number of pyridine rings is 1. The molecule has 0 spiro atoms. The van der Waals surface area contributed by atoms with Gasteiger partial charge in [0.05, 0.1) is 10.4 Å². The van der Waals surface area contributed by atoms with Gasteiger partial charge in [-0.05, 0) is 20.2 Å². The van der Waals surface area contributed by atoms with Crippen molar-refractivity contribution >= 4 is 22.3 Å². The van der Waals surface area contributed by atoms with E-state index < -0.39 is 16.2 Å². The fourth-order valence-electron chi connectivity index (χ4n) is 2.23. The molecule has 1 heterocycles. The minimum Gasteiger partial charge on any atom is -0.377 e. The van der Waals surface area contributed by atoms with E-state index >= 15 is 0 Å². The molecule has 2 aromatic rings. The molecule has 0 saturated carbocycles. The van der Waals surface area contributed by atoms with Gasteiger partial charge in [-0.2, -0.15) is 0 Å². The topological polar surface area (TPSA) is 80.4 Å². The Bertz CT molecular complexity index is 737. The van der Waals surface area contributed by atoms with Gasteiger partial charge in [0, 0.05) is 25.5 Å². The predicted molar refractivity (Wildman–Crippen MR) is 82.9 cm³/mol. The van der Waals surface area contributed by atoms with Crippen LogP contribution in [0.15, 0.2) is 29.1 Å². The first-order chi connectivity index (χ1) is 9.93. The summed E-state index contributed by atoms with van der Waals surface area (Å²) in [7, 11) is 5.37. The van der Waals surface area contributed by atoms with Crippen LogP contribution < -0.4 is 10.9 Å². The fourth-order valence-corrected chi connectivity index (χ4v) is 2.23. The van der Waals surface area contributed by atoms with Gasteiger partial charge in [0.1, 0.15) is 5.69 Å². The maximum Gasteiger partial charge on any atom is 0.357 e. The van der Waals surface area contributed by atoms with E-state index in [0.717, 1.165) is 0 Å². The summed E-state index contributed by atoms with van der Waals surface area (Å²) in [5.41, 5.74) is -0.0537. The molecule has 0 unspecified atom stereocenters. The Balaban J connectivity index is 2.64. The average Bonchev–Trinajstić information content (AvgIpc) is 2.43. The summed E-state index contributed by atoms with van der Waals surface area (Å²) in [5, 5.41) is 15.0. The maximum atomic E-state index is 12.2. The second-order valence-corrected chi connectivity index (χ2v) is 5.09. The lowest BCUT2D eigenvalue weighted by atomic mass is 10.1. The monoisotopic (exact) mass is 290 g/mol. The summed E-state index contributed by atoms with van der Waals surface area (Å²) in [6.07, 6.45) is 0. The lowest BCUT2D eigenvalue weighted by molar-refractivity contribution is -0.385. The van der Waals surface area contributed by atoms with Crippen molar-refractivity contribution in [2.24, 2.45) is 7.05 Å². The number of para-hydroxylation sites is 1. The number of hydrogen-bond acceptors (Lipinski definition) is 5. The maximum absolute atomic E-state index is 12.2. The molecule has 0 aliphatic rings. The Hall–Kier alpha value is -2.41. The minimum absolute atomic E-state index is 0.292. The van der Waals surface area contributed by atoms with Gasteiger partial charge in [0.15, 0.2) is 0 Å². The van der Waals surface area contributed by atoms with Crippen LogP contribution in [0.5, 0.6) is 0 Å². The Morgan fingerprint density at radius 1 is 1.33 bits per heavy atom. The largest absolute Gasteiger partial charge is 0.377 e. The van der Waals surface area contributed by atoms with Crippen molar-refractivity contribution in [3.63, 3.8) is 0 Å². The third kappa shape index (κ3) is 2.87. The van der Waals surface area contributed by atoms with Crippen molar-refractivity contribution in [1.29, 1.82) is 0 Å². The molecule has 1 N–H and O–H groups in total. The highest BCUT2D eigenvalue weighted by atomic mass is 16.6. The number of likely N-dealkylation sites (N-methyl/N-ethyl adjacent to an activating group) is 1. The number of nitro groups is 1. The van der Waals surface area contributed by atoms with Gasteiger partial charge in [-0.3, -0.25) is 14.9 Å². The second kappa shape index (κ2) is 5.92. The number of nitrogens with zero attached hydrogens (tertiary/aromatic N) is 3.